The number of aliphatic hydroxyl groups is 1. The van der Waals surface area contributed by atoms with Crippen LogP contribution in [0.15, 0.2) is 42.6 Å². The third-order valence-electron chi connectivity index (χ3n) is 3.16. The Kier molecular flexibility index (Phi) is 4.09. The van der Waals surface area contributed by atoms with E-state index in [9.17, 15) is 5.11 Å². The highest BCUT2D eigenvalue weighted by Gasteiger charge is 2.14. The first kappa shape index (κ1) is 14.5. The number of hydrogen-bond donors (Lipinski definition) is 1. The molecule has 0 amide bonds. The number of benzene rings is 1. The van der Waals surface area contributed by atoms with E-state index < -0.39 is 6.10 Å². The molecule has 0 fully saturated rings. The Labute approximate surface area is 120 Å². The van der Waals surface area contributed by atoms with E-state index in [0.717, 1.165) is 11.3 Å². The number of nitrogens with zero attached hydrogens (tertiary/aromatic N) is 1. The van der Waals surface area contributed by atoms with Gasteiger partial charge in [0.05, 0.1) is 6.10 Å². The minimum atomic E-state index is -0.527. The Morgan fingerprint density at radius 1 is 1.15 bits per heavy atom. The summed E-state index contributed by atoms with van der Waals surface area (Å²) in [5.74, 6) is 1.25. The van der Waals surface area contributed by atoms with Gasteiger partial charge >= 0.3 is 0 Å². The van der Waals surface area contributed by atoms with Gasteiger partial charge in [0.1, 0.15) is 5.75 Å². The zero-order valence-corrected chi connectivity index (χ0v) is 12.4. The Balaban J connectivity index is 2.24. The van der Waals surface area contributed by atoms with Crippen molar-refractivity contribution in [1.29, 1.82) is 0 Å². The lowest BCUT2D eigenvalue weighted by molar-refractivity contribution is 0.198. The van der Waals surface area contributed by atoms with Gasteiger partial charge in [-0.05, 0) is 41.7 Å². The Morgan fingerprint density at radius 3 is 2.55 bits per heavy atom. The van der Waals surface area contributed by atoms with Crippen molar-refractivity contribution < 1.29 is 9.84 Å². The molecular formula is C17H21NO2. The van der Waals surface area contributed by atoms with Crippen molar-refractivity contribution in [2.24, 2.45) is 0 Å². The Hall–Kier alpha value is -1.87. The minimum absolute atomic E-state index is 0.0776. The van der Waals surface area contributed by atoms with Gasteiger partial charge in [0.15, 0.2) is 0 Å². The van der Waals surface area contributed by atoms with Gasteiger partial charge < -0.3 is 9.84 Å². The van der Waals surface area contributed by atoms with Crippen LogP contribution in [0.4, 0.5) is 0 Å². The molecule has 0 saturated heterocycles. The van der Waals surface area contributed by atoms with Crippen molar-refractivity contribution >= 4 is 0 Å². The van der Waals surface area contributed by atoms with Gasteiger partial charge in [-0.3, -0.25) is 0 Å². The lowest BCUT2D eigenvalue weighted by Gasteiger charge is -2.19. The van der Waals surface area contributed by atoms with Crippen LogP contribution < -0.4 is 4.74 Å². The number of aromatic nitrogens is 1. The fraction of sp³-hybridized carbons (Fsp3) is 0.353. The van der Waals surface area contributed by atoms with E-state index in [1.165, 1.54) is 5.56 Å². The molecule has 3 nitrogen and oxygen atoms in total. The lowest BCUT2D eigenvalue weighted by atomic mass is 9.87. The summed E-state index contributed by atoms with van der Waals surface area (Å²) in [4.78, 5) is 4.18. The third-order valence-corrected chi connectivity index (χ3v) is 3.16. The highest BCUT2D eigenvalue weighted by molar-refractivity contribution is 5.35. The molecule has 1 N–H and O–H groups in total. The number of rotatable bonds is 3. The van der Waals surface area contributed by atoms with Crippen LogP contribution in [0.2, 0.25) is 0 Å². The number of hydrogen-bond acceptors (Lipinski definition) is 3. The molecule has 0 bridgehead atoms. The van der Waals surface area contributed by atoms with Gasteiger partial charge in [0, 0.05) is 12.3 Å². The average molecular weight is 271 g/mol. The van der Waals surface area contributed by atoms with Crippen LogP contribution in [0.3, 0.4) is 0 Å². The molecule has 0 aliphatic rings. The van der Waals surface area contributed by atoms with Gasteiger partial charge in [-0.25, -0.2) is 4.98 Å². The van der Waals surface area contributed by atoms with E-state index in [2.05, 4.69) is 31.8 Å². The molecule has 20 heavy (non-hydrogen) atoms. The maximum absolute atomic E-state index is 9.58. The molecular weight excluding hydrogens is 250 g/mol. The molecule has 1 aromatic heterocycles. The van der Waals surface area contributed by atoms with Crippen molar-refractivity contribution in [2.45, 2.75) is 39.2 Å². The summed E-state index contributed by atoms with van der Waals surface area (Å²) in [5.41, 5.74) is 2.08. The molecule has 1 heterocycles. The van der Waals surface area contributed by atoms with Gasteiger partial charge in [0.2, 0.25) is 5.88 Å². The summed E-state index contributed by atoms with van der Waals surface area (Å²) in [6.07, 6.45) is 1.12. The lowest BCUT2D eigenvalue weighted by Crippen LogP contribution is -2.10. The quantitative estimate of drug-likeness (QED) is 0.908. The van der Waals surface area contributed by atoms with Gasteiger partial charge in [0.25, 0.3) is 0 Å². The topological polar surface area (TPSA) is 42.4 Å². The van der Waals surface area contributed by atoms with Gasteiger partial charge in [-0.1, -0.05) is 32.9 Å². The second-order valence-electron chi connectivity index (χ2n) is 5.98. The summed E-state index contributed by atoms with van der Waals surface area (Å²) in [7, 11) is 0. The normalized spacial score (nSPS) is 13.1. The van der Waals surface area contributed by atoms with E-state index in [0.29, 0.717) is 5.88 Å². The van der Waals surface area contributed by atoms with Crippen molar-refractivity contribution in [2.75, 3.05) is 0 Å². The van der Waals surface area contributed by atoms with Crippen molar-refractivity contribution in [3.63, 3.8) is 0 Å². The first-order chi connectivity index (χ1) is 9.36. The largest absolute Gasteiger partial charge is 0.439 e. The summed E-state index contributed by atoms with van der Waals surface area (Å²) >= 11 is 0. The molecule has 0 radical (unpaired) electrons. The first-order valence-electron chi connectivity index (χ1n) is 6.79. The second-order valence-corrected chi connectivity index (χ2v) is 5.98. The van der Waals surface area contributed by atoms with Crippen LogP contribution in [-0.4, -0.2) is 10.1 Å². The molecule has 0 spiro atoms. The van der Waals surface area contributed by atoms with Crippen LogP contribution in [-0.2, 0) is 5.41 Å². The fourth-order valence-corrected chi connectivity index (χ4v) is 1.89. The SMILES string of the molecule is CC(O)c1ccnc(Oc2cccc(C(C)(C)C)c2)c1. The maximum Gasteiger partial charge on any atom is 0.219 e. The molecule has 1 unspecified atom stereocenters. The van der Waals surface area contributed by atoms with E-state index in [1.54, 1.807) is 25.3 Å². The van der Waals surface area contributed by atoms with Crippen LogP contribution in [0.5, 0.6) is 11.6 Å². The second kappa shape index (κ2) is 5.63. The molecule has 2 rings (SSSR count). The first-order valence-corrected chi connectivity index (χ1v) is 6.79. The van der Waals surface area contributed by atoms with E-state index in [-0.39, 0.29) is 5.41 Å². The van der Waals surface area contributed by atoms with Crippen LogP contribution in [0, 0.1) is 0 Å². The standard InChI is InChI=1S/C17H21NO2/c1-12(19)13-8-9-18-16(10-13)20-15-7-5-6-14(11-15)17(2,3)4/h5-12,19H,1-4H3. The highest BCUT2D eigenvalue weighted by atomic mass is 16.5. The zero-order valence-electron chi connectivity index (χ0n) is 12.4. The predicted octanol–water partition coefficient (Wildman–Crippen LogP) is 4.22. The highest BCUT2D eigenvalue weighted by Crippen LogP contribution is 2.28. The van der Waals surface area contributed by atoms with E-state index >= 15 is 0 Å². The molecule has 0 aliphatic carbocycles. The summed E-state index contributed by atoms with van der Waals surface area (Å²) in [6, 6.07) is 11.5. The number of aliphatic hydroxyl groups excluding tert-OH is 1. The van der Waals surface area contributed by atoms with Crippen molar-refractivity contribution in [3.8, 4) is 11.6 Å². The summed E-state index contributed by atoms with van der Waals surface area (Å²) in [5, 5.41) is 9.58. The minimum Gasteiger partial charge on any atom is -0.439 e. The molecule has 0 aliphatic heterocycles. The monoisotopic (exact) mass is 271 g/mol. The number of ether oxygens (including phenoxy) is 1. The van der Waals surface area contributed by atoms with E-state index in [1.807, 2.05) is 18.2 Å². The van der Waals surface area contributed by atoms with Crippen LogP contribution in [0.25, 0.3) is 0 Å². The Bertz CT molecular complexity index is 586. The van der Waals surface area contributed by atoms with Crippen LogP contribution in [0.1, 0.15) is 44.9 Å². The molecule has 1 atom stereocenters. The van der Waals surface area contributed by atoms with Crippen molar-refractivity contribution in [3.05, 3.63) is 53.7 Å². The van der Waals surface area contributed by atoms with Crippen molar-refractivity contribution in [1.82, 2.24) is 4.98 Å². The smallest absolute Gasteiger partial charge is 0.219 e. The Morgan fingerprint density at radius 2 is 1.90 bits per heavy atom. The molecule has 0 saturated carbocycles. The summed E-state index contributed by atoms with van der Waals surface area (Å²) in [6.45, 7) is 8.22. The zero-order chi connectivity index (χ0) is 14.8. The fourth-order valence-electron chi connectivity index (χ4n) is 1.89. The van der Waals surface area contributed by atoms with Gasteiger partial charge in [-0.2, -0.15) is 0 Å². The van der Waals surface area contributed by atoms with Gasteiger partial charge in [-0.15, -0.1) is 0 Å². The molecule has 1 aromatic carbocycles. The van der Waals surface area contributed by atoms with Crippen LogP contribution >= 0.6 is 0 Å². The molecule has 106 valence electrons. The number of pyridine rings is 1. The molecule has 3 heteroatoms. The predicted molar refractivity (Wildman–Crippen MR) is 80.1 cm³/mol. The summed E-state index contributed by atoms with van der Waals surface area (Å²) < 4.78 is 5.78. The third kappa shape index (κ3) is 3.58. The van der Waals surface area contributed by atoms with E-state index in [4.69, 9.17) is 4.74 Å². The average Bonchev–Trinajstić information content (AvgIpc) is 2.38. The maximum atomic E-state index is 9.58. The molecule has 2 aromatic rings.